The number of hydrogen-bond donors (Lipinski definition) is 1. The van der Waals surface area contributed by atoms with Crippen molar-refractivity contribution in [2.24, 2.45) is 0 Å². The summed E-state index contributed by atoms with van der Waals surface area (Å²) in [5.41, 5.74) is 1.79. The third-order valence-electron chi connectivity index (χ3n) is 3.25. The minimum absolute atomic E-state index is 0.0101. The number of para-hydroxylation sites is 1. The van der Waals surface area contributed by atoms with Crippen LogP contribution < -0.4 is 5.32 Å². The summed E-state index contributed by atoms with van der Waals surface area (Å²) in [5, 5.41) is 2.79. The molecule has 0 fully saturated rings. The van der Waals surface area contributed by atoms with Crippen LogP contribution in [-0.2, 0) is 4.79 Å². The Bertz CT molecular complexity index is 692. The standard InChI is InChI=1S/C16H17BrN2O2S/c1-10-8-14(22-11(10)2)16(21)19(3)9-15(20)18-13-7-5-4-6-12(13)17/h4-8H,9H2,1-3H3,(H,18,20). The van der Waals surface area contributed by atoms with Gasteiger partial charge in [0.25, 0.3) is 5.91 Å². The van der Waals surface area contributed by atoms with Crippen molar-refractivity contribution in [1.29, 1.82) is 0 Å². The summed E-state index contributed by atoms with van der Waals surface area (Å²) < 4.78 is 0.807. The maximum atomic E-state index is 12.3. The molecule has 0 unspecified atom stereocenters. The van der Waals surface area contributed by atoms with Crippen molar-refractivity contribution in [2.75, 3.05) is 18.9 Å². The number of nitrogens with zero attached hydrogens (tertiary/aromatic N) is 1. The second kappa shape index (κ2) is 7.07. The Labute approximate surface area is 142 Å². The van der Waals surface area contributed by atoms with Gasteiger partial charge in [0.05, 0.1) is 17.1 Å². The average Bonchev–Trinajstić information content (AvgIpc) is 2.80. The van der Waals surface area contributed by atoms with Crippen LogP contribution in [0, 0.1) is 13.8 Å². The fourth-order valence-corrected chi connectivity index (χ4v) is 3.32. The lowest BCUT2D eigenvalue weighted by Crippen LogP contribution is -2.34. The lowest BCUT2D eigenvalue weighted by atomic mass is 10.2. The molecule has 0 aliphatic rings. The van der Waals surface area contributed by atoms with Gasteiger partial charge in [-0.05, 0) is 53.5 Å². The van der Waals surface area contributed by atoms with Crippen molar-refractivity contribution in [2.45, 2.75) is 13.8 Å². The van der Waals surface area contributed by atoms with Crippen LogP contribution in [0.5, 0.6) is 0 Å². The van der Waals surface area contributed by atoms with Crippen molar-refractivity contribution in [3.63, 3.8) is 0 Å². The zero-order chi connectivity index (χ0) is 16.3. The molecule has 4 nitrogen and oxygen atoms in total. The lowest BCUT2D eigenvalue weighted by Gasteiger charge is -2.16. The fourth-order valence-electron chi connectivity index (χ4n) is 1.91. The van der Waals surface area contributed by atoms with Gasteiger partial charge in [0, 0.05) is 16.4 Å². The number of anilines is 1. The zero-order valence-electron chi connectivity index (χ0n) is 12.6. The molecular weight excluding hydrogens is 364 g/mol. The van der Waals surface area contributed by atoms with E-state index in [1.165, 1.54) is 16.2 Å². The van der Waals surface area contributed by atoms with Gasteiger partial charge in [0.2, 0.25) is 5.91 Å². The highest BCUT2D eigenvalue weighted by Crippen LogP contribution is 2.22. The number of likely N-dealkylation sites (N-methyl/N-ethyl adjacent to an activating group) is 1. The number of rotatable bonds is 4. The van der Waals surface area contributed by atoms with Crippen LogP contribution >= 0.6 is 27.3 Å². The van der Waals surface area contributed by atoms with Gasteiger partial charge in [-0.15, -0.1) is 11.3 Å². The molecule has 1 aromatic heterocycles. The lowest BCUT2D eigenvalue weighted by molar-refractivity contribution is -0.116. The predicted octanol–water partition coefficient (Wildman–Crippen LogP) is 3.84. The summed E-state index contributed by atoms with van der Waals surface area (Å²) in [6.45, 7) is 3.97. The van der Waals surface area contributed by atoms with Crippen molar-refractivity contribution < 1.29 is 9.59 Å². The Hall–Kier alpha value is -1.66. The molecule has 116 valence electrons. The Morgan fingerprint density at radius 3 is 2.55 bits per heavy atom. The highest BCUT2D eigenvalue weighted by molar-refractivity contribution is 9.10. The Kier molecular flexibility index (Phi) is 5.37. The van der Waals surface area contributed by atoms with Crippen molar-refractivity contribution in [3.8, 4) is 0 Å². The van der Waals surface area contributed by atoms with Gasteiger partial charge in [-0.1, -0.05) is 12.1 Å². The first-order valence-electron chi connectivity index (χ1n) is 6.75. The molecule has 2 aromatic rings. The Morgan fingerprint density at radius 1 is 1.27 bits per heavy atom. The van der Waals surface area contributed by atoms with Crippen molar-refractivity contribution in [3.05, 3.63) is 50.1 Å². The molecule has 2 rings (SSSR count). The number of carbonyl (C=O) groups excluding carboxylic acids is 2. The summed E-state index contributed by atoms with van der Waals surface area (Å²) >= 11 is 4.83. The summed E-state index contributed by atoms with van der Waals surface area (Å²) in [6, 6.07) is 9.23. The summed E-state index contributed by atoms with van der Waals surface area (Å²) in [4.78, 5) is 27.6. The molecule has 1 N–H and O–H groups in total. The number of amides is 2. The van der Waals surface area contributed by atoms with E-state index in [-0.39, 0.29) is 18.4 Å². The number of halogens is 1. The number of thiophene rings is 1. The highest BCUT2D eigenvalue weighted by Gasteiger charge is 2.18. The maximum absolute atomic E-state index is 12.3. The van der Waals surface area contributed by atoms with E-state index in [0.717, 1.165) is 14.9 Å². The van der Waals surface area contributed by atoms with Crippen LogP contribution in [0.25, 0.3) is 0 Å². The fraction of sp³-hybridized carbons (Fsp3) is 0.250. The van der Waals surface area contributed by atoms with Gasteiger partial charge >= 0.3 is 0 Å². The van der Waals surface area contributed by atoms with Gasteiger partial charge in [-0.3, -0.25) is 9.59 Å². The Balaban J connectivity index is 1.99. The molecule has 22 heavy (non-hydrogen) atoms. The summed E-state index contributed by atoms with van der Waals surface area (Å²) in [5.74, 6) is -0.365. The number of hydrogen-bond acceptors (Lipinski definition) is 3. The number of nitrogens with one attached hydrogen (secondary N) is 1. The highest BCUT2D eigenvalue weighted by atomic mass is 79.9. The van der Waals surface area contributed by atoms with Crippen LogP contribution in [0.1, 0.15) is 20.1 Å². The summed E-state index contributed by atoms with van der Waals surface area (Å²) in [6.07, 6.45) is 0. The predicted molar refractivity (Wildman–Crippen MR) is 93.5 cm³/mol. The second-order valence-corrected chi connectivity index (χ2v) is 7.15. The Morgan fingerprint density at radius 2 is 1.95 bits per heavy atom. The molecule has 0 saturated heterocycles. The molecule has 6 heteroatoms. The van der Waals surface area contributed by atoms with E-state index in [1.54, 1.807) is 13.1 Å². The van der Waals surface area contributed by atoms with Crippen LogP contribution in [0.4, 0.5) is 5.69 Å². The molecule has 0 aliphatic heterocycles. The molecule has 0 radical (unpaired) electrons. The first-order chi connectivity index (χ1) is 10.4. The molecule has 0 atom stereocenters. The molecule has 0 bridgehead atoms. The minimum atomic E-state index is -0.229. The van der Waals surface area contributed by atoms with Crippen LogP contribution in [0.3, 0.4) is 0 Å². The third-order valence-corrected chi connectivity index (χ3v) is 5.08. The topological polar surface area (TPSA) is 49.4 Å². The largest absolute Gasteiger partial charge is 0.332 e. The number of carbonyl (C=O) groups is 2. The van der Waals surface area contributed by atoms with Gasteiger partial charge in [-0.25, -0.2) is 0 Å². The second-order valence-electron chi connectivity index (χ2n) is 5.04. The summed E-state index contributed by atoms with van der Waals surface area (Å²) in [7, 11) is 1.63. The smallest absolute Gasteiger partial charge is 0.264 e. The van der Waals surface area contributed by atoms with Crippen LogP contribution in [0.2, 0.25) is 0 Å². The van der Waals surface area contributed by atoms with E-state index in [0.29, 0.717) is 10.6 Å². The molecule has 2 amide bonds. The molecule has 0 aliphatic carbocycles. The van der Waals surface area contributed by atoms with E-state index >= 15 is 0 Å². The maximum Gasteiger partial charge on any atom is 0.264 e. The average molecular weight is 381 g/mol. The minimum Gasteiger partial charge on any atom is -0.332 e. The molecule has 1 aromatic carbocycles. The van der Waals surface area contributed by atoms with E-state index in [1.807, 2.05) is 38.1 Å². The van der Waals surface area contributed by atoms with Gasteiger partial charge in [0.15, 0.2) is 0 Å². The molecule has 1 heterocycles. The first-order valence-corrected chi connectivity index (χ1v) is 8.36. The third kappa shape index (κ3) is 3.96. The van der Waals surface area contributed by atoms with Crippen molar-refractivity contribution in [1.82, 2.24) is 4.90 Å². The van der Waals surface area contributed by atoms with Crippen LogP contribution in [-0.4, -0.2) is 30.3 Å². The monoisotopic (exact) mass is 380 g/mol. The van der Waals surface area contributed by atoms with Crippen LogP contribution in [0.15, 0.2) is 34.8 Å². The quantitative estimate of drug-likeness (QED) is 0.875. The zero-order valence-corrected chi connectivity index (χ0v) is 15.0. The number of aryl methyl sites for hydroxylation is 2. The van der Waals surface area contributed by atoms with E-state index in [9.17, 15) is 9.59 Å². The van der Waals surface area contributed by atoms with Gasteiger partial charge < -0.3 is 10.2 Å². The van der Waals surface area contributed by atoms with E-state index in [2.05, 4.69) is 21.2 Å². The van der Waals surface area contributed by atoms with Gasteiger partial charge in [0.1, 0.15) is 0 Å². The SMILES string of the molecule is Cc1cc(C(=O)N(C)CC(=O)Nc2ccccc2Br)sc1C. The molecular formula is C16H17BrN2O2S. The van der Waals surface area contributed by atoms with E-state index < -0.39 is 0 Å². The first kappa shape index (κ1) is 16.7. The van der Waals surface area contributed by atoms with Crippen molar-refractivity contribution >= 4 is 44.8 Å². The number of benzene rings is 1. The van der Waals surface area contributed by atoms with E-state index in [4.69, 9.17) is 0 Å². The normalized spacial score (nSPS) is 10.4. The molecule has 0 saturated carbocycles. The van der Waals surface area contributed by atoms with Gasteiger partial charge in [-0.2, -0.15) is 0 Å². The molecule has 0 spiro atoms.